The molecule has 3 nitrogen and oxygen atoms in total. The van der Waals surface area contributed by atoms with Crippen LogP contribution in [-0.4, -0.2) is 28.9 Å². The van der Waals surface area contributed by atoms with Gasteiger partial charge < -0.3 is 10.1 Å². The maximum Gasteiger partial charge on any atom is 0.224 e. The van der Waals surface area contributed by atoms with Crippen LogP contribution in [0.1, 0.15) is 109 Å². The molecule has 0 spiro atoms. The van der Waals surface area contributed by atoms with Gasteiger partial charge in [0.1, 0.15) is 0 Å². The molecule has 0 aromatic carbocycles. The summed E-state index contributed by atoms with van der Waals surface area (Å²) in [6.07, 6.45) is 24.0. The third kappa shape index (κ3) is 3.89. The predicted molar refractivity (Wildman–Crippen MR) is 125 cm³/mol. The molecule has 3 heteroatoms. The molecule has 8 atom stereocenters. The Kier molecular flexibility index (Phi) is 6.09. The predicted octanol–water partition coefficient (Wildman–Crippen LogP) is 5.76. The Balaban J connectivity index is 1.28. The van der Waals surface area contributed by atoms with Gasteiger partial charge in [-0.2, -0.15) is 0 Å². The Labute approximate surface area is 189 Å². The van der Waals surface area contributed by atoms with Crippen LogP contribution in [0.5, 0.6) is 0 Å². The molecule has 0 radical (unpaired) electrons. The fourth-order valence-electron chi connectivity index (χ4n) is 9.55. The molecule has 1 amide bonds. The quantitative estimate of drug-likeness (QED) is 0.558. The Bertz CT molecular complexity index is 605. The van der Waals surface area contributed by atoms with E-state index in [1.54, 1.807) is 0 Å². The highest BCUT2D eigenvalue weighted by Gasteiger charge is 2.60. The molecule has 1 heterocycles. The number of hydrogen-bond acceptors (Lipinski definition) is 1. The van der Waals surface area contributed by atoms with Crippen LogP contribution in [0.15, 0.2) is 0 Å². The Hall–Kier alpha value is -0.570. The number of rotatable bonds is 2. The van der Waals surface area contributed by atoms with E-state index in [0.29, 0.717) is 36.0 Å². The van der Waals surface area contributed by atoms with Gasteiger partial charge in [0.2, 0.25) is 5.91 Å². The Morgan fingerprint density at radius 2 is 1.06 bits per heavy atom. The summed E-state index contributed by atoms with van der Waals surface area (Å²) in [5.41, 5.74) is 0. The van der Waals surface area contributed by atoms with Crippen molar-refractivity contribution in [1.29, 1.82) is 0 Å². The minimum absolute atomic E-state index is 0.264. The Morgan fingerprint density at radius 1 is 0.548 bits per heavy atom. The van der Waals surface area contributed by atoms with E-state index in [2.05, 4.69) is 5.32 Å². The number of amides is 1. The summed E-state index contributed by atoms with van der Waals surface area (Å²) in [5.74, 6) is 5.21. The number of fused-ring (bicyclic) bond motifs is 6. The van der Waals surface area contributed by atoms with Gasteiger partial charge >= 0.3 is 0 Å². The zero-order valence-corrected chi connectivity index (χ0v) is 19.6. The molecule has 5 saturated carbocycles. The first kappa shape index (κ1) is 21.0. The lowest BCUT2D eigenvalue weighted by Crippen LogP contribution is -2.63. The summed E-state index contributed by atoms with van der Waals surface area (Å²) in [5, 5.41) is 3.62. The van der Waals surface area contributed by atoms with E-state index in [-0.39, 0.29) is 5.92 Å². The van der Waals surface area contributed by atoms with E-state index in [4.69, 9.17) is 4.74 Å². The fraction of sp³-hybridized carbons (Fsp3) is 0.964. The molecule has 8 unspecified atom stereocenters. The molecule has 0 aromatic rings. The molecule has 31 heavy (non-hydrogen) atoms. The van der Waals surface area contributed by atoms with Gasteiger partial charge in [-0.15, -0.1) is 0 Å². The van der Waals surface area contributed by atoms with Crippen LogP contribution in [0.25, 0.3) is 0 Å². The van der Waals surface area contributed by atoms with Gasteiger partial charge in [0, 0.05) is 29.7 Å². The molecule has 1 saturated heterocycles. The van der Waals surface area contributed by atoms with Crippen molar-refractivity contribution in [3.8, 4) is 0 Å². The lowest BCUT2D eigenvalue weighted by Gasteiger charge is -2.55. The van der Waals surface area contributed by atoms with E-state index in [9.17, 15) is 4.79 Å². The van der Waals surface area contributed by atoms with Crippen molar-refractivity contribution in [2.75, 3.05) is 0 Å². The highest BCUT2D eigenvalue weighted by atomic mass is 16.5. The smallest absolute Gasteiger partial charge is 0.224 e. The lowest BCUT2D eigenvalue weighted by molar-refractivity contribution is -0.312. The molecule has 6 aliphatic rings. The highest BCUT2D eigenvalue weighted by Crippen LogP contribution is 2.55. The van der Waals surface area contributed by atoms with Gasteiger partial charge in [0.25, 0.3) is 0 Å². The maximum atomic E-state index is 13.9. The van der Waals surface area contributed by atoms with Crippen molar-refractivity contribution in [1.82, 2.24) is 5.32 Å². The van der Waals surface area contributed by atoms with Crippen LogP contribution in [0.3, 0.4) is 0 Å². The average Bonchev–Trinajstić information content (AvgIpc) is 2.83. The van der Waals surface area contributed by atoms with Crippen LogP contribution >= 0.6 is 0 Å². The molecule has 0 aromatic heterocycles. The van der Waals surface area contributed by atoms with Gasteiger partial charge in [0.15, 0.2) is 12.2 Å². The normalized spacial score (nSPS) is 47.9. The molecule has 1 aliphatic heterocycles. The SMILES string of the molecule is O=C(NC1CCCCC1)C1C2CCC3CCCCC3C2[OH+]C2C3CCCCC3CCC21. The zero-order valence-electron chi connectivity index (χ0n) is 19.6. The third-order valence-electron chi connectivity index (χ3n) is 11.0. The molecule has 2 N–H and O–H groups in total. The maximum absolute atomic E-state index is 13.9. The largest absolute Gasteiger partial charge is 0.428 e. The van der Waals surface area contributed by atoms with Crippen LogP contribution in [0, 0.1) is 41.4 Å². The Morgan fingerprint density at radius 3 is 1.65 bits per heavy atom. The summed E-state index contributed by atoms with van der Waals surface area (Å²) in [7, 11) is 0. The van der Waals surface area contributed by atoms with Crippen LogP contribution in [-0.2, 0) is 4.79 Å². The monoisotopic (exact) mass is 428 g/mol. The van der Waals surface area contributed by atoms with E-state index in [0.717, 1.165) is 23.7 Å². The van der Waals surface area contributed by atoms with Crippen molar-refractivity contribution in [3.05, 3.63) is 0 Å². The van der Waals surface area contributed by atoms with Crippen molar-refractivity contribution in [3.63, 3.8) is 0 Å². The van der Waals surface area contributed by atoms with Crippen molar-refractivity contribution < 1.29 is 9.53 Å². The van der Waals surface area contributed by atoms with E-state index in [1.807, 2.05) is 0 Å². The second-order valence-corrected chi connectivity index (χ2v) is 12.4. The molecular weight excluding hydrogens is 382 g/mol. The van der Waals surface area contributed by atoms with Crippen LogP contribution in [0.2, 0.25) is 0 Å². The number of carbonyl (C=O) groups excluding carboxylic acids is 1. The summed E-state index contributed by atoms with van der Waals surface area (Å²) in [4.78, 5) is 13.9. The first-order chi connectivity index (χ1) is 15.3. The highest BCUT2D eigenvalue weighted by molar-refractivity contribution is 5.80. The molecule has 0 bridgehead atoms. The number of ether oxygens (including phenoxy) is 1. The van der Waals surface area contributed by atoms with Gasteiger partial charge in [-0.05, 0) is 76.0 Å². The first-order valence-corrected chi connectivity index (χ1v) is 14.3. The second kappa shape index (κ2) is 8.99. The summed E-state index contributed by atoms with van der Waals surface area (Å²) < 4.78 is 5.79. The molecular formula is C28H46NO2+. The van der Waals surface area contributed by atoms with Gasteiger partial charge in [0.05, 0.1) is 5.92 Å². The summed E-state index contributed by atoms with van der Waals surface area (Å²) in [6.45, 7) is 0. The average molecular weight is 429 g/mol. The zero-order chi connectivity index (χ0) is 20.8. The number of aliphatic hydroxyl groups is 2. The van der Waals surface area contributed by atoms with Crippen molar-refractivity contribution >= 4 is 5.91 Å². The van der Waals surface area contributed by atoms with E-state index < -0.39 is 0 Å². The van der Waals surface area contributed by atoms with Crippen LogP contribution < -0.4 is 5.32 Å². The standard InChI is InChI=1S/C28H45NO2/c30-28(29-20-10-2-1-3-11-20)25-23-16-14-18-8-4-6-12-21(18)26(23)31-27-22-13-7-5-9-19(22)15-17-24(25)27/h18-27H,1-17H2,(H,29,30)/p+1. The first-order valence-electron chi connectivity index (χ1n) is 14.3. The van der Waals surface area contributed by atoms with Gasteiger partial charge in [-0.1, -0.05) is 44.9 Å². The van der Waals surface area contributed by atoms with Gasteiger partial charge in [-0.25, -0.2) is 0 Å². The van der Waals surface area contributed by atoms with Gasteiger partial charge in [-0.3, -0.25) is 4.79 Å². The molecule has 174 valence electrons. The minimum Gasteiger partial charge on any atom is -0.428 e. The van der Waals surface area contributed by atoms with E-state index >= 15 is 0 Å². The lowest BCUT2D eigenvalue weighted by atomic mass is 9.55. The van der Waals surface area contributed by atoms with Crippen LogP contribution in [0.4, 0.5) is 0 Å². The number of hydrogen-bond donors (Lipinski definition) is 1. The molecule has 6 fully saturated rings. The van der Waals surface area contributed by atoms with Crippen molar-refractivity contribution in [2.24, 2.45) is 41.4 Å². The molecule has 6 rings (SSSR count). The van der Waals surface area contributed by atoms with Crippen molar-refractivity contribution in [2.45, 2.75) is 127 Å². The second-order valence-electron chi connectivity index (χ2n) is 12.4. The summed E-state index contributed by atoms with van der Waals surface area (Å²) >= 11 is 0. The van der Waals surface area contributed by atoms with E-state index in [1.165, 1.54) is 109 Å². The number of nitrogens with one attached hydrogen (secondary N) is 1. The minimum atomic E-state index is 0.264. The summed E-state index contributed by atoms with van der Waals surface area (Å²) in [6, 6.07) is 0.453. The fourth-order valence-corrected chi connectivity index (χ4v) is 9.55. The molecule has 5 aliphatic carbocycles. The third-order valence-corrected chi connectivity index (χ3v) is 11.0. The number of carbonyl (C=O) groups is 1. The topological polar surface area (TPSA) is 41.9 Å².